The average Bonchev–Trinajstić information content (AvgIpc) is 2.24. The maximum atomic E-state index is 12.2. The molecular weight excluding hydrogens is 217 g/mol. The SMILES string of the molecule is CCOCC(C)NCCC(C)C(Cl)CF. The van der Waals surface area contributed by atoms with Crippen molar-refractivity contribution in [2.45, 2.75) is 38.6 Å². The molecule has 3 unspecified atom stereocenters. The molecule has 4 heteroatoms. The highest BCUT2D eigenvalue weighted by Crippen LogP contribution is 2.14. The van der Waals surface area contributed by atoms with E-state index in [2.05, 4.69) is 12.2 Å². The molecule has 0 aliphatic carbocycles. The highest BCUT2D eigenvalue weighted by molar-refractivity contribution is 6.20. The molecule has 0 spiro atoms. The summed E-state index contributed by atoms with van der Waals surface area (Å²) in [5, 5.41) is 2.97. The summed E-state index contributed by atoms with van der Waals surface area (Å²) in [5.74, 6) is 0.212. The van der Waals surface area contributed by atoms with Gasteiger partial charge in [0.2, 0.25) is 0 Å². The maximum Gasteiger partial charge on any atom is 0.106 e. The van der Waals surface area contributed by atoms with Crippen molar-refractivity contribution in [3.63, 3.8) is 0 Å². The quantitative estimate of drug-likeness (QED) is 0.625. The molecule has 0 radical (unpaired) electrons. The summed E-state index contributed by atoms with van der Waals surface area (Å²) in [5.41, 5.74) is 0. The van der Waals surface area contributed by atoms with E-state index in [1.54, 1.807) is 0 Å². The van der Waals surface area contributed by atoms with Gasteiger partial charge >= 0.3 is 0 Å². The summed E-state index contributed by atoms with van der Waals surface area (Å²) >= 11 is 5.79. The molecule has 92 valence electrons. The van der Waals surface area contributed by atoms with Crippen LogP contribution in [-0.2, 0) is 4.74 Å². The van der Waals surface area contributed by atoms with Crippen molar-refractivity contribution in [3.05, 3.63) is 0 Å². The number of ether oxygens (including phenoxy) is 1. The Morgan fingerprint density at radius 2 is 2.07 bits per heavy atom. The second-order valence-electron chi connectivity index (χ2n) is 3.95. The van der Waals surface area contributed by atoms with Gasteiger partial charge in [0.1, 0.15) is 6.67 Å². The summed E-state index contributed by atoms with van der Waals surface area (Å²) in [6, 6.07) is 0.344. The summed E-state index contributed by atoms with van der Waals surface area (Å²) < 4.78 is 17.5. The van der Waals surface area contributed by atoms with Gasteiger partial charge in [-0.15, -0.1) is 11.6 Å². The molecule has 0 rings (SSSR count). The van der Waals surface area contributed by atoms with Crippen LogP contribution in [0.4, 0.5) is 4.39 Å². The third kappa shape index (κ3) is 8.00. The van der Waals surface area contributed by atoms with E-state index in [-0.39, 0.29) is 11.3 Å². The van der Waals surface area contributed by atoms with Gasteiger partial charge in [-0.05, 0) is 32.7 Å². The van der Waals surface area contributed by atoms with Crippen molar-refractivity contribution in [1.29, 1.82) is 0 Å². The van der Waals surface area contributed by atoms with Gasteiger partial charge in [-0.1, -0.05) is 6.92 Å². The second kappa shape index (κ2) is 9.37. The van der Waals surface area contributed by atoms with Crippen LogP contribution in [0.25, 0.3) is 0 Å². The Kier molecular flexibility index (Phi) is 9.46. The molecule has 0 saturated heterocycles. The minimum Gasteiger partial charge on any atom is -0.380 e. The van der Waals surface area contributed by atoms with Crippen LogP contribution in [0.2, 0.25) is 0 Å². The lowest BCUT2D eigenvalue weighted by molar-refractivity contribution is 0.127. The minimum atomic E-state index is -0.447. The van der Waals surface area contributed by atoms with Gasteiger partial charge in [0, 0.05) is 12.6 Å². The zero-order chi connectivity index (χ0) is 11.7. The lowest BCUT2D eigenvalue weighted by Gasteiger charge is -2.18. The third-order valence-corrected chi connectivity index (χ3v) is 2.98. The smallest absolute Gasteiger partial charge is 0.106 e. The fourth-order valence-corrected chi connectivity index (χ4v) is 1.37. The monoisotopic (exact) mass is 239 g/mol. The first kappa shape index (κ1) is 15.1. The molecule has 0 aromatic rings. The Morgan fingerprint density at radius 1 is 1.40 bits per heavy atom. The van der Waals surface area contributed by atoms with Gasteiger partial charge in [0.15, 0.2) is 0 Å². The van der Waals surface area contributed by atoms with Crippen molar-refractivity contribution in [1.82, 2.24) is 5.32 Å². The Hall–Kier alpha value is 0.140. The van der Waals surface area contributed by atoms with E-state index < -0.39 is 6.67 Å². The van der Waals surface area contributed by atoms with Crippen LogP contribution in [0.5, 0.6) is 0 Å². The Morgan fingerprint density at radius 3 is 2.60 bits per heavy atom. The fourth-order valence-electron chi connectivity index (χ4n) is 1.24. The van der Waals surface area contributed by atoms with Crippen LogP contribution in [0.15, 0.2) is 0 Å². The second-order valence-corrected chi connectivity index (χ2v) is 4.51. The molecule has 0 aliphatic heterocycles. The Balaban J connectivity index is 3.43. The number of halogens is 2. The average molecular weight is 240 g/mol. The summed E-state index contributed by atoms with van der Waals surface area (Å²) in [6.07, 6.45) is 0.897. The van der Waals surface area contributed by atoms with Crippen LogP contribution in [-0.4, -0.2) is 37.9 Å². The molecule has 2 nitrogen and oxygen atoms in total. The predicted octanol–water partition coefficient (Wildman–Crippen LogP) is 2.60. The van der Waals surface area contributed by atoms with Gasteiger partial charge in [0.25, 0.3) is 0 Å². The first-order chi connectivity index (χ1) is 7.11. The molecular formula is C11H23ClFNO. The zero-order valence-corrected chi connectivity index (χ0v) is 10.7. The number of hydrogen-bond donors (Lipinski definition) is 1. The van der Waals surface area contributed by atoms with Gasteiger partial charge in [-0.3, -0.25) is 0 Å². The van der Waals surface area contributed by atoms with E-state index in [9.17, 15) is 4.39 Å². The first-order valence-electron chi connectivity index (χ1n) is 5.62. The number of nitrogens with one attached hydrogen (secondary N) is 1. The van der Waals surface area contributed by atoms with E-state index in [0.717, 1.165) is 26.2 Å². The molecule has 0 aromatic carbocycles. The first-order valence-corrected chi connectivity index (χ1v) is 6.06. The Labute approximate surface area is 97.5 Å². The van der Waals surface area contributed by atoms with Crippen LogP contribution >= 0.6 is 11.6 Å². The van der Waals surface area contributed by atoms with Gasteiger partial charge in [0.05, 0.1) is 12.0 Å². The van der Waals surface area contributed by atoms with Crippen molar-refractivity contribution in [2.75, 3.05) is 26.4 Å². The van der Waals surface area contributed by atoms with Crippen LogP contribution in [0.3, 0.4) is 0 Å². The van der Waals surface area contributed by atoms with Crippen LogP contribution in [0.1, 0.15) is 27.2 Å². The van der Waals surface area contributed by atoms with Crippen LogP contribution < -0.4 is 5.32 Å². The normalized spacial score (nSPS) is 17.4. The fraction of sp³-hybridized carbons (Fsp3) is 1.00. The highest BCUT2D eigenvalue weighted by Gasteiger charge is 2.13. The summed E-state index contributed by atoms with van der Waals surface area (Å²) in [7, 11) is 0. The molecule has 0 heterocycles. The maximum absolute atomic E-state index is 12.2. The minimum absolute atomic E-state index is 0.212. The molecule has 15 heavy (non-hydrogen) atoms. The Bertz CT molecular complexity index is 149. The molecule has 0 amide bonds. The van der Waals surface area contributed by atoms with Crippen molar-refractivity contribution >= 4 is 11.6 Å². The van der Waals surface area contributed by atoms with Crippen LogP contribution in [0, 0.1) is 5.92 Å². The standard InChI is InChI=1S/C11H23ClFNO/c1-4-15-8-10(3)14-6-5-9(2)11(12)7-13/h9-11,14H,4-8H2,1-3H3. The van der Waals surface area contributed by atoms with Crippen molar-refractivity contribution in [3.8, 4) is 0 Å². The summed E-state index contributed by atoms with van der Waals surface area (Å²) in [6.45, 7) is 7.91. The molecule has 0 aliphatic rings. The zero-order valence-electron chi connectivity index (χ0n) is 9.93. The van der Waals surface area contributed by atoms with E-state index in [0.29, 0.717) is 6.04 Å². The molecule has 3 atom stereocenters. The van der Waals surface area contributed by atoms with Crippen molar-refractivity contribution in [2.24, 2.45) is 5.92 Å². The van der Waals surface area contributed by atoms with E-state index in [1.165, 1.54) is 0 Å². The molecule has 1 N–H and O–H groups in total. The summed E-state index contributed by atoms with van der Waals surface area (Å²) in [4.78, 5) is 0. The lowest BCUT2D eigenvalue weighted by atomic mass is 10.0. The van der Waals surface area contributed by atoms with E-state index in [4.69, 9.17) is 16.3 Å². The number of rotatable bonds is 9. The molecule has 0 bridgehead atoms. The van der Waals surface area contributed by atoms with Gasteiger partial charge < -0.3 is 10.1 Å². The number of alkyl halides is 2. The molecule has 0 aromatic heterocycles. The highest BCUT2D eigenvalue weighted by atomic mass is 35.5. The molecule has 0 saturated carbocycles. The van der Waals surface area contributed by atoms with Gasteiger partial charge in [-0.2, -0.15) is 0 Å². The van der Waals surface area contributed by atoms with Gasteiger partial charge in [-0.25, -0.2) is 4.39 Å². The lowest BCUT2D eigenvalue weighted by Crippen LogP contribution is -2.33. The largest absolute Gasteiger partial charge is 0.380 e. The topological polar surface area (TPSA) is 21.3 Å². The van der Waals surface area contributed by atoms with E-state index >= 15 is 0 Å². The van der Waals surface area contributed by atoms with Crippen molar-refractivity contribution < 1.29 is 9.13 Å². The molecule has 0 fully saturated rings. The van der Waals surface area contributed by atoms with E-state index in [1.807, 2.05) is 13.8 Å². The third-order valence-electron chi connectivity index (χ3n) is 2.43. The predicted molar refractivity (Wildman–Crippen MR) is 63.4 cm³/mol. The number of hydrogen-bond acceptors (Lipinski definition) is 2.